The predicted molar refractivity (Wildman–Crippen MR) is 70.2 cm³/mol. The Balaban J connectivity index is 1.87. The lowest BCUT2D eigenvalue weighted by Gasteiger charge is -2.17. The average Bonchev–Trinajstić information content (AvgIpc) is 3.07. The lowest BCUT2D eigenvalue weighted by molar-refractivity contribution is 0.0260. The van der Waals surface area contributed by atoms with Crippen LogP contribution < -0.4 is 5.32 Å². The van der Waals surface area contributed by atoms with Crippen LogP contribution in [0.25, 0.3) is 0 Å². The molecule has 4 heteroatoms. The van der Waals surface area contributed by atoms with Crippen LogP contribution in [0.4, 0.5) is 0 Å². The van der Waals surface area contributed by atoms with E-state index in [1.54, 1.807) is 0 Å². The van der Waals surface area contributed by atoms with Crippen molar-refractivity contribution in [3.05, 3.63) is 0 Å². The third-order valence-corrected chi connectivity index (χ3v) is 2.95. The maximum absolute atomic E-state index is 9.65. The maximum Gasteiger partial charge on any atom is 0.0897 e. The minimum absolute atomic E-state index is 0.389. The number of hydrogen-bond donors (Lipinski definition) is 2. The Morgan fingerprint density at radius 1 is 1.35 bits per heavy atom. The zero-order valence-electron chi connectivity index (χ0n) is 11.5. The van der Waals surface area contributed by atoms with Crippen molar-refractivity contribution in [2.45, 2.75) is 38.8 Å². The molecule has 1 rings (SSSR count). The number of hydrogen-bond acceptors (Lipinski definition) is 4. The average molecular weight is 244 g/mol. The van der Waals surface area contributed by atoms with Crippen molar-refractivity contribution in [2.24, 2.45) is 5.92 Å². The van der Waals surface area contributed by atoms with E-state index in [0.29, 0.717) is 19.1 Å². The lowest BCUT2D eigenvalue weighted by Crippen LogP contribution is -2.36. The van der Waals surface area contributed by atoms with Gasteiger partial charge in [-0.1, -0.05) is 13.8 Å². The van der Waals surface area contributed by atoms with E-state index in [4.69, 9.17) is 4.74 Å². The highest BCUT2D eigenvalue weighted by atomic mass is 16.5. The number of likely N-dealkylation sites (N-methyl/N-ethyl adjacent to an activating group) is 1. The van der Waals surface area contributed by atoms with Crippen molar-refractivity contribution < 1.29 is 9.84 Å². The number of nitrogens with zero attached hydrogens (tertiary/aromatic N) is 1. The van der Waals surface area contributed by atoms with Crippen LogP contribution in [0.5, 0.6) is 0 Å². The molecule has 0 heterocycles. The van der Waals surface area contributed by atoms with Crippen LogP contribution in [0.15, 0.2) is 0 Å². The smallest absolute Gasteiger partial charge is 0.0897 e. The van der Waals surface area contributed by atoms with Crippen LogP contribution in [0.3, 0.4) is 0 Å². The summed E-state index contributed by atoms with van der Waals surface area (Å²) in [6.45, 7) is 8.00. The molecular weight excluding hydrogens is 216 g/mol. The van der Waals surface area contributed by atoms with Crippen LogP contribution in [-0.2, 0) is 4.74 Å². The Hall–Kier alpha value is -0.160. The van der Waals surface area contributed by atoms with E-state index in [0.717, 1.165) is 25.7 Å². The van der Waals surface area contributed by atoms with Gasteiger partial charge in [-0.05, 0) is 25.8 Å². The molecule has 1 unspecified atom stereocenters. The monoisotopic (exact) mass is 244 g/mol. The summed E-state index contributed by atoms with van der Waals surface area (Å²) in [6, 6.07) is 0.816. The Labute approximate surface area is 105 Å². The van der Waals surface area contributed by atoms with E-state index in [1.807, 2.05) is 0 Å². The zero-order chi connectivity index (χ0) is 12.7. The van der Waals surface area contributed by atoms with Gasteiger partial charge in [0.25, 0.3) is 0 Å². The number of ether oxygens (including phenoxy) is 1. The lowest BCUT2D eigenvalue weighted by atomic mass is 10.2. The molecule has 17 heavy (non-hydrogen) atoms. The topological polar surface area (TPSA) is 44.7 Å². The van der Waals surface area contributed by atoms with Gasteiger partial charge < -0.3 is 20.1 Å². The Morgan fingerprint density at radius 2 is 2.06 bits per heavy atom. The van der Waals surface area contributed by atoms with Crippen LogP contribution in [0.2, 0.25) is 0 Å². The number of rotatable bonds is 10. The van der Waals surface area contributed by atoms with E-state index in [9.17, 15) is 5.11 Å². The molecule has 2 N–H and O–H groups in total. The van der Waals surface area contributed by atoms with E-state index < -0.39 is 0 Å². The second-order valence-corrected chi connectivity index (χ2v) is 5.50. The second-order valence-electron chi connectivity index (χ2n) is 5.50. The van der Waals surface area contributed by atoms with E-state index in [2.05, 4.69) is 31.1 Å². The van der Waals surface area contributed by atoms with Crippen molar-refractivity contribution in [3.63, 3.8) is 0 Å². The molecule has 1 fully saturated rings. The van der Waals surface area contributed by atoms with Crippen LogP contribution in [0, 0.1) is 5.92 Å². The van der Waals surface area contributed by atoms with Gasteiger partial charge in [-0.3, -0.25) is 0 Å². The van der Waals surface area contributed by atoms with Crippen LogP contribution in [0.1, 0.15) is 26.7 Å². The first kappa shape index (κ1) is 14.9. The zero-order valence-corrected chi connectivity index (χ0v) is 11.5. The summed E-state index contributed by atoms with van der Waals surface area (Å²) in [6.07, 6.45) is 2.31. The fraction of sp³-hybridized carbons (Fsp3) is 1.00. The summed E-state index contributed by atoms with van der Waals surface area (Å²) in [4.78, 5) is 2.38. The van der Waals surface area contributed by atoms with E-state index >= 15 is 0 Å². The fourth-order valence-electron chi connectivity index (χ4n) is 1.72. The van der Waals surface area contributed by atoms with Crippen molar-refractivity contribution >= 4 is 0 Å². The summed E-state index contributed by atoms with van der Waals surface area (Å²) in [7, 11) is 2.17. The molecule has 1 aliphatic rings. The molecule has 0 aromatic rings. The van der Waals surface area contributed by atoms with Gasteiger partial charge in [-0.2, -0.15) is 0 Å². The van der Waals surface area contributed by atoms with Gasteiger partial charge in [0.1, 0.15) is 0 Å². The number of nitrogens with one attached hydrogen (secondary N) is 1. The summed E-state index contributed by atoms with van der Waals surface area (Å²) >= 11 is 0. The third-order valence-electron chi connectivity index (χ3n) is 2.95. The Bertz CT molecular complexity index is 196. The normalized spacial score (nSPS) is 18.0. The van der Waals surface area contributed by atoms with Crippen molar-refractivity contribution in [1.29, 1.82) is 0 Å². The fourth-order valence-corrected chi connectivity index (χ4v) is 1.72. The first-order chi connectivity index (χ1) is 8.09. The van der Waals surface area contributed by atoms with Crippen LogP contribution >= 0.6 is 0 Å². The summed E-state index contributed by atoms with van der Waals surface area (Å²) in [5, 5.41) is 12.9. The highest BCUT2D eigenvalue weighted by Crippen LogP contribution is 2.24. The van der Waals surface area contributed by atoms with Gasteiger partial charge in [0.2, 0.25) is 0 Å². The Morgan fingerprint density at radius 3 is 2.65 bits per heavy atom. The molecule has 1 atom stereocenters. The van der Waals surface area contributed by atoms with E-state index in [1.165, 1.54) is 12.8 Å². The summed E-state index contributed by atoms with van der Waals surface area (Å²) < 4.78 is 5.38. The molecule has 0 amide bonds. The van der Waals surface area contributed by atoms with Crippen molar-refractivity contribution in [3.8, 4) is 0 Å². The molecule has 0 aromatic carbocycles. The maximum atomic E-state index is 9.65. The highest BCUT2D eigenvalue weighted by Gasteiger charge is 2.25. The molecule has 0 spiro atoms. The van der Waals surface area contributed by atoms with Crippen molar-refractivity contribution in [1.82, 2.24) is 10.2 Å². The van der Waals surface area contributed by atoms with Crippen molar-refractivity contribution in [2.75, 3.05) is 39.9 Å². The second kappa shape index (κ2) is 8.03. The molecule has 1 aliphatic carbocycles. The first-order valence-electron chi connectivity index (χ1n) is 6.76. The largest absolute Gasteiger partial charge is 0.389 e. The standard InChI is InChI=1S/C13H28N2O2/c1-11(2)9-17-10-13(16)8-14-6-7-15(3)12-4-5-12/h11-14,16H,4-10H2,1-3H3. The van der Waals surface area contributed by atoms with Gasteiger partial charge in [0, 0.05) is 32.3 Å². The van der Waals surface area contributed by atoms with Gasteiger partial charge in [0.15, 0.2) is 0 Å². The van der Waals surface area contributed by atoms with Crippen LogP contribution in [-0.4, -0.2) is 62.0 Å². The number of aliphatic hydroxyl groups excluding tert-OH is 1. The summed E-state index contributed by atoms with van der Waals surface area (Å²) in [5.74, 6) is 0.530. The Kier molecular flexibility index (Phi) is 7.04. The number of aliphatic hydroxyl groups is 1. The molecule has 1 saturated carbocycles. The molecule has 102 valence electrons. The highest BCUT2D eigenvalue weighted by molar-refractivity contribution is 4.82. The predicted octanol–water partition coefficient (Wildman–Crippen LogP) is 0.704. The molecule has 0 saturated heterocycles. The van der Waals surface area contributed by atoms with Gasteiger partial charge >= 0.3 is 0 Å². The molecule has 4 nitrogen and oxygen atoms in total. The molecular formula is C13H28N2O2. The summed E-state index contributed by atoms with van der Waals surface area (Å²) in [5.41, 5.74) is 0. The minimum atomic E-state index is -0.389. The third kappa shape index (κ3) is 7.71. The quantitative estimate of drug-likeness (QED) is 0.555. The van der Waals surface area contributed by atoms with Gasteiger partial charge in [-0.15, -0.1) is 0 Å². The first-order valence-corrected chi connectivity index (χ1v) is 6.76. The molecule has 0 bridgehead atoms. The SMILES string of the molecule is CC(C)COCC(O)CNCCN(C)C1CC1. The molecule has 0 aliphatic heterocycles. The minimum Gasteiger partial charge on any atom is -0.389 e. The molecule has 0 aromatic heterocycles. The molecule has 0 radical (unpaired) electrons. The van der Waals surface area contributed by atoms with Gasteiger partial charge in [-0.25, -0.2) is 0 Å². The van der Waals surface area contributed by atoms with E-state index in [-0.39, 0.29) is 6.10 Å². The van der Waals surface area contributed by atoms with Gasteiger partial charge in [0.05, 0.1) is 12.7 Å².